The molecule has 1 fully saturated rings. The quantitative estimate of drug-likeness (QED) is 0.783. The Morgan fingerprint density at radius 3 is 2.83 bits per heavy atom. The van der Waals surface area contributed by atoms with Gasteiger partial charge in [0.15, 0.2) is 0 Å². The van der Waals surface area contributed by atoms with Crippen molar-refractivity contribution in [2.75, 3.05) is 11.4 Å². The van der Waals surface area contributed by atoms with Crippen LogP contribution in [0.5, 0.6) is 0 Å². The van der Waals surface area contributed by atoms with E-state index < -0.39 is 0 Å². The van der Waals surface area contributed by atoms with Crippen LogP contribution in [0.1, 0.15) is 50.2 Å². The molecule has 0 amide bonds. The molecule has 0 bridgehead atoms. The Kier molecular flexibility index (Phi) is 4.25. The fourth-order valence-electron chi connectivity index (χ4n) is 2.89. The number of benzene rings is 1. The minimum absolute atomic E-state index is 0.667. The molecule has 96 valence electrons. The lowest BCUT2D eigenvalue weighted by Crippen LogP contribution is -2.34. The van der Waals surface area contributed by atoms with Crippen molar-refractivity contribution in [2.45, 2.75) is 52.0 Å². The van der Waals surface area contributed by atoms with E-state index in [9.17, 15) is 0 Å². The van der Waals surface area contributed by atoms with Gasteiger partial charge in [-0.1, -0.05) is 19.8 Å². The van der Waals surface area contributed by atoms with Crippen molar-refractivity contribution in [3.63, 3.8) is 0 Å². The Hall–Kier alpha value is -1.49. The lowest BCUT2D eigenvalue weighted by atomic mass is 10.0. The van der Waals surface area contributed by atoms with Gasteiger partial charge in [-0.25, -0.2) is 0 Å². The summed E-state index contributed by atoms with van der Waals surface area (Å²) in [5.41, 5.74) is 3.18. The van der Waals surface area contributed by atoms with E-state index in [4.69, 9.17) is 5.26 Å². The van der Waals surface area contributed by atoms with Gasteiger partial charge in [-0.2, -0.15) is 5.26 Å². The lowest BCUT2D eigenvalue weighted by molar-refractivity contribution is 0.556. The number of anilines is 1. The molecule has 0 aliphatic carbocycles. The summed E-state index contributed by atoms with van der Waals surface area (Å²) in [6.07, 6.45) is 6.50. The number of aryl methyl sites for hydroxylation is 1. The highest BCUT2D eigenvalue weighted by Crippen LogP contribution is 2.27. The first-order valence-electron chi connectivity index (χ1n) is 7.03. The van der Waals surface area contributed by atoms with Crippen molar-refractivity contribution in [3.8, 4) is 6.07 Å². The predicted molar refractivity (Wildman–Crippen MR) is 75.8 cm³/mol. The summed E-state index contributed by atoms with van der Waals surface area (Å²) in [6, 6.07) is 9.16. The van der Waals surface area contributed by atoms with Crippen LogP contribution in [-0.4, -0.2) is 12.6 Å². The molecular formula is C16H22N2. The summed E-state index contributed by atoms with van der Waals surface area (Å²) in [6.45, 7) is 5.46. The molecule has 0 radical (unpaired) electrons. The Morgan fingerprint density at radius 1 is 1.33 bits per heavy atom. The minimum Gasteiger partial charge on any atom is -0.369 e. The van der Waals surface area contributed by atoms with Crippen molar-refractivity contribution in [1.82, 2.24) is 0 Å². The predicted octanol–water partition coefficient (Wildman–Crippen LogP) is 4.03. The van der Waals surface area contributed by atoms with Crippen LogP contribution in [0.4, 0.5) is 5.69 Å². The van der Waals surface area contributed by atoms with Gasteiger partial charge in [0.05, 0.1) is 11.6 Å². The standard InChI is InChI=1S/C16H22N2/c1-3-15-7-5-4-6-10-18(15)16-9-8-14(12-17)13(2)11-16/h8-9,11,15H,3-7,10H2,1-2H3. The summed E-state index contributed by atoms with van der Waals surface area (Å²) in [5, 5.41) is 9.00. The molecule has 1 unspecified atom stereocenters. The van der Waals surface area contributed by atoms with Crippen LogP contribution in [0.15, 0.2) is 18.2 Å². The third-order valence-electron chi connectivity index (χ3n) is 4.01. The number of nitrogens with zero attached hydrogens (tertiary/aromatic N) is 2. The van der Waals surface area contributed by atoms with E-state index in [-0.39, 0.29) is 0 Å². The van der Waals surface area contributed by atoms with E-state index in [2.05, 4.69) is 30.0 Å². The molecule has 18 heavy (non-hydrogen) atoms. The molecule has 1 aliphatic heterocycles. The maximum absolute atomic E-state index is 9.00. The molecule has 0 spiro atoms. The maximum Gasteiger partial charge on any atom is 0.0994 e. The fourth-order valence-corrected chi connectivity index (χ4v) is 2.89. The molecule has 2 heteroatoms. The van der Waals surface area contributed by atoms with Gasteiger partial charge in [0.2, 0.25) is 0 Å². The molecule has 1 atom stereocenters. The Bertz CT molecular complexity index is 445. The molecule has 1 aliphatic rings. The molecule has 2 nitrogen and oxygen atoms in total. The number of hydrogen-bond acceptors (Lipinski definition) is 2. The second kappa shape index (κ2) is 5.91. The molecule has 0 aromatic heterocycles. The summed E-state index contributed by atoms with van der Waals surface area (Å²) < 4.78 is 0. The molecule has 0 saturated carbocycles. The summed E-state index contributed by atoms with van der Waals surface area (Å²) in [4.78, 5) is 2.54. The second-order valence-corrected chi connectivity index (χ2v) is 5.22. The Morgan fingerprint density at radius 2 is 2.17 bits per heavy atom. The van der Waals surface area contributed by atoms with Crippen LogP contribution in [0.3, 0.4) is 0 Å². The van der Waals surface area contributed by atoms with E-state index in [0.29, 0.717) is 6.04 Å². The first kappa shape index (κ1) is 13.0. The Labute approximate surface area is 110 Å². The highest BCUT2D eigenvalue weighted by atomic mass is 15.2. The smallest absolute Gasteiger partial charge is 0.0994 e. The molecule has 1 aromatic carbocycles. The molecule has 1 saturated heterocycles. The van der Waals surface area contributed by atoms with E-state index in [1.807, 2.05) is 13.0 Å². The van der Waals surface area contributed by atoms with E-state index in [0.717, 1.165) is 17.7 Å². The van der Waals surface area contributed by atoms with Crippen LogP contribution in [0.25, 0.3) is 0 Å². The van der Waals surface area contributed by atoms with Gasteiger partial charge in [0.25, 0.3) is 0 Å². The number of nitriles is 1. The zero-order valence-corrected chi connectivity index (χ0v) is 11.4. The Balaban J connectivity index is 2.28. The first-order valence-corrected chi connectivity index (χ1v) is 7.03. The van der Waals surface area contributed by atoms with Gasteiger partial charge in [-0.15, -0.1) is 0 Å². The zero-order chi connectivity index (χ0) is 13.0. The van der Waals surface area contributed by atoms with Gasteiger partial charge < -0.3 is 4.90 Å². The topological polar surface area (TPSA) is 27.0 Å². The third kappa shape index (κ3) is 2.67. The largest absolute Gasteiger partial charge is 0.369 e. The van der Waals surface area contributed by atoms with Crippen molar-refractivity contribution >= 4 is 5.69 Å². The van der Waals surface area contributed by atoms with Crippen molar-refractivity contribution < 1.29 is 0 Å². The SMILES string of the molecule is CCC1CCCCCN1c1ccc(C#N)c(C)c1. The average Bonchev–Trinajstić information content (AvgIpc) is 2.63. The number of rotatable bonds is 2. The third-order valence-corrected chi connectivity index (χ3v) is 4.01. The van der Waals surface area contributed by atoms with Gasteiger partial charge >= 0.3 is 0 Å². The summed E-state index contributed by atoms with van der Waals surface area (Å²) in [7, 11) is 0. The van der Waals surface area contributed by atoms with E-state index >= 15 is 0 Å². The van der Waals surface area contributed by atoms with E-state index in [1.54, 1.807) is 0 Å². The van der Waals surface area contributed by atoms with Crippen LogP contribution < -0.4 is 4.90 Å². The first-order chi connectivity index (χ1) is 8.76. The highest BCUT2D eigenvalue weighted by Gasteiger charge is 2.19. The number of hydrogen-bond donors (Lipinski definition) is 0. The molecular weight excluding hydrogens is 220 g/mol. The molecule has 2 rings (SSSR count). The van der Waals surface area contributed by atoms with Crippen LogP contribution in [0, 0.1) is 18.3 Å². The molecule has 1 aromatic rings. The summed E-state index contributed by atoms with van der Waals surface area (Å²) in [5.74, 6) is 0. The fraction of sp³-hybridized carbons (Fsp3) is 0.562. The van der Waals surface area contributed by atoms with Crippen molar-refractivity contribution in [3.05, 3.63) is 29.3 Å². The monoisotopic (exact) mass is 242 g/mol. The van der Waals surface area contributed by atoms with Crippen LogP contribution in [-0.2, 0) is 0 Å². The summed E-state index contributed by atoms with van der Waals surface area (Å²) >= 11 is 0. The van der Waals surface area contributed by atoms with Crippen LogP contribution >= 0.6 is 0 Å². The van der Waals surface area contributed by atoms with Gasteiger partial charge in [-0.3, -0.25) is 0 Å². The normalized spacial score (nSPS) is 20.3. The van der Waals surface area contributed by atoms with E-state index in [1.165, 1.54) is 37.8 Å². The lowest BCUT2D eigenvalue weighted by Gasteiger charge is -2.31. The zero-order valence-electron chi connectivity index (χ0n) is 11.4. The maximum atomic E-state index is 9.00. The van der Waals surface area contributed by atoms with Crippen LogP contribution in [0.2, 0.25) is 0 Å². The molecule has 0 N–H and O–H groups in total. The van der Waals surface area contributed by atoms with Gasteiger partial charge in [0.1, 0.15) is 0 Å². The highest BCUT2D eigenvalue weighted by molar-refractivity contribution is 5.54. The van der Waals surface area contributed by atoms with Crippen molar-refractivity contribution in [1.29, 1.82) is 5.26 Å². The van der Waals surface area contributed by atoms with Gasteiger partial charge in [0, 0.05) is 18.3 Å². The molecule has 1 heterocycles. The van der Waals surface area contributed by atoms with Gasteiger partial charge in [-0.05, 0) is 49.9 Å². The minimum atomic E-state index is 0.667. The van der Waals surface area contributed by atoms with Crippen molar-refractivity contribution in [2.24, 2.45) is 0 Å². The average molecular weight is 242 g/mol. The second-order valence-electron chi connectivity index (χ2n) is 5.22.